The zero-order chi connectivity index (χ0) is 19.1. The molecule has 0 heterocycles. The number of benzene rings is 3. The first kappa shape index (κ1) is 18.7. The molecule has 3 aromatic rings. The van der Waals surface area contributed by atoms with Crippen LogP contribution in [0.25, 0.3) is 0 Å². The molecule has 0 unspecified atom stereocenters. The molecule has 0 fully saturated rings. The molecule has 27 heavy (non-hydrogen) atoms. The van der Waals surface area contributed by atoms with Gasteiger partial charge in [-0.05, 0) is 36.8 Å². The number of nitrogens with zero attached hydrogens (tertiary/aromatic N) is 1. The number of para-hydroxylation sites is 1. The van der Waals surface area contributed by atoms with Crippen molar-refractivity contribution < 1.29 is 9.53 Å². The average molecular weight is 379 g/mol. The maximum Gasteiger partial charge on any atom is 0.272 e. The summed E-state index contributed by atoms with van der Waals surface area (Å²) in [6.07, 6.45) is 1.55. The summed E-state index contributed by atoms with van der Waals surface area (Å²) in [6, 6.07) is 22.5. The Morgan fingerprint density at radius 2 is 1.74 bits per heavy atom. The van der Waals surface area contributed by atoms with Gasteiger partial charge in [-0.25, -0.2) is 5.43 Å². The fourth-order valence-corrected chi connectivity index (χ4v) is 2.65. The van der Waals surface area contributed by atoms with Crippen molar-refractivity contribution in [3.63, 3.8) is 0 Å². The zero-order valence-electron chi connectivity index (χ0n) is 14.9. The monoisotopic (exact) mass is 378 g/mol. The number of nitrogens with one attached hydrogen (secondary N) is 1. The molecule has 1 N–H and O–H groups in total. The number of halogens is 1. The second-order valence-corrected chi connectivity index (χ2v) is 6.40. The van der Waals surface area contributed by atoms with Gasteiger partial charge in [0.2, 0.25) is 0 Å². The van der Waals surface area contributed by atoms with E-state index in [1.807, 2.05) is 43.3 Å². The van der Waals surface area contributed by atoms with Gasteiger partial charge >= 0.3 is 0 Å². The number of hydrogen-bond acceptors (Lipinski definition) is 3. The van der Waals surface area contributed by atoms with E-state index in [9.17, 15) is 4.79 Å². The number of carbonyl (C=O) groups is 1. The van der Waals surface area contributed by atoms with Crippen molar-refractivity contribution in [2.45, 2.75) is 13.5 Å². The molecule has 136 valence electrons. The van der Waals surface area contributed by atoms with E-state index in [1.54, 1.807) is 30.5 Å². The van der Waals surface area contributed by atoms with Gasteiger partial charge in [0.1, 0.15) is 12.4 Å². The van der Waals surface area contributed by atoms with Crippen LogP contribution in [0.2, 0.25) is 5.02 Å². The molecule has 5 heteroatoms. The van der Waals surface area contributed by atoms with Gasteiger partial charge in [-0.1, -0.05) is 65.7 Å². The maximum absolute atomic E-state index is 12.1. The van der Waals surface area contributed by atoms with E-state index in [4.69, 9.17) is 16.3 Å². The highest BCUT2D eigenvalue weighted by molar-refractivity contribution is 6.33. The molecule has 3 aromatic carbocycles. The Bertz CT molecular complexity index is 953. The fourth-order valence-electron chi connectivity index (χ4n) is 2.43. The summed E-state index contributed by atoms with van der Waals surface area (Å²) < 4.78 is 5.90. The van der Waals surface area contributed by atoms with Gasteiger partial charge in [-0.15, -0.1) is 0 Å². The van der Waals surface area contributed by atoms with Crippen molar-refractivity contribution in [2.24, 2.45) is 5.10 Å². The molecule has 0 aromatic heterocycles. The number of ether oxygens (including phenoxy) is 1. The van der Waals surface area contributed by atoms with E-state index in [0.717, 1.165) is 11.1 Å². The third-order valence-electron chi connectivity index (χ3n) is 3.92. The number of carbonyl (C=O) groups excluding carboxylic acids is 1. The molecule has 1 amide bonds. The Hall–Kier alpha value is -3.11. The molecule has 0 aliphatic carbocycles. The summed E-state index contributed by atoms with van der Waals surface area (Å²) in [5.41, 5.74) is 5.92. The Kier molecular flexibility index (Phi) is 6.23. The Morgan fingerprint density at radius 3 is 2.52 bits per heavy atom. The summed E-state index contributed by atoms with van der Waals surface area (Å²) in [5, 5.41) is 4.40. The van der Waals surface area contributed by atoms with E-state index in [2.05, 4.69) is 22.7 Å². The summed E-state index contributed by atoms with van der Waals surface area (Å²) in [5.74, 6) is 0.323. The van der Waals surface area contributed by atoms with Crippen LogP contribution in [-0.2, 0) is 6.61 Å². The first-order valence-corrected chi connectivity index (χ1v) is 8.86. The first-order chi connectivity index (χ1) is 13.1. The molecule has 0 spiro atoms. The third-order valence-corrected chi connectivity index (χ3v) is 4.25. The summed E-state index contributed by atoms with van der Waals surface area (Å²) in [4.78, 5) is 12.1. The summed E-state index contributed by atoms with van der Waals surface area (Å²) in [7, 11) is 0. The molecule has 0 aliphatic rings. The largest absolute Gasteiger partial charge is 0.488 e. The molecule has 4 nitrogen and oxygen atoms in total. The fraction of sp³-hybridized carbons (Fsp3) is 0.0909. The topological polar surface area (TPSA) is 50.7 Å². The molecule has 3 rings (SSSR count). The van der Waals surface area contributed by atoms with Crippen molar-refractivity contribution in [1.82, 2.24) is 5.43 Å². The van der Waals surface area contributed by atoms with E-state index < -0.39 is 0 Å². The molecule has 0 atom stereocenters. The van der Waals surface area contributed by atoms with Crippen molar-refractivity contribution in [1.29, 1.82) is 0 Å². The van der Waals surface area contributed by atoms with E-state index >= 15 is 0 Å². The number of amides is 1. The molecule has 0 saturated carbocycles. The van der Waals surface area contributed by atoms with Crippen LogP contribution in [0, 0.1) is 6.92 Å². The van der Waals surface area contributed by atoms with E-state index in [0.29, 0.717) is 22.9 Å². The van der Waals surface area contributed by atoms with Crippen molar-refractivity contribution >= 4 is 23.7 Å². The van der Waals surface area contributed by atoms with Crippen LogP contribution in [-0.4, -0.2) is 12.1 Å². The van der Waals surface area contributed by atoms with Gasteiger partial charge in [0, 0.05) is 5.56 Å². The van der Waals surface area contributed by atoms with Crippen LogP contribution < -0.4 is 10.2 Å². The lowest BCUT2D eigenvalue weighted by atomic mass is 10.1. The van der Waals surface area contributed by atoms with Crippen LogP contribution in [0.1, 0.15) is 27.0 Å². The SMILES string of the molecule is Cc1ccc(COc2ccccc2/C=N\NC(=O)c2ccccc2Cl)cc1. The standard InChI is InChI=1S/C22H19ClN2O2/c1-16-10-12-17(13-11-16)15-27-21-9-5-2-6-18(21)14-24-25-22(26)19-7-3-4-8-20(19)23/h2-14H,15H2,1H3,(H,25,26)/b24-14-. The highest BCUT2D eigenvalue weighted by Crippen LogP contribution is 2.18. The van der Waals surface area contributed by atoms with Crippen LogP contribution in [0.15, 0.2) is 77.9 Å². The minimum atomic E-state index is -0.366. The molecule has 0 saturated heterocycles. The van der Waals surface area contributed by atoms with Crippen molar-refractivity contribution in [3.8, 4) is 5.75 Å². The highest BCUT2D eigenvalue weighted by atomic mass is 35.5. The van der Waals surface area contributed by atoms with Gasteiger partial charge < -0.3 is 4.74 Å². The second-order valence-electron chi connectivity index (χ2n) is 5.99. The highest BCUT2D eigenvalue weighted by Gasteiger charge is 2.08. The average Bonchev–Trinajstić information content (AvgIpc) is 2.68. The number of rotatable bonds is 6. The molecular weight excluding hydrogens is 360 g/mol. The number of hydrogen-bond donors (Lipinski definition) is 1. The predicted octanol–water partition coefficient (Wildman–Crippen LogP) is 4.99. The Morgan fingerprint density at radius 1 is 1.04 bits per heavy atom. The smallest absolute Gasteiger partial charge is 0.272 e. The lowest BCUT2D eigenvalue weighted by molar-refractivity contribution is 0.0955. The molecular formula is C22H19ClN2O2. The van der Waals surface area contributed by atoms with Gasteiger partial charge in [0.05, 0.1) is 16.8 Å². The molecule has 0 aliphatic heterocycles. The van der Waals surface area contributed by atoms with Gasteiger partial charge in [-0.2, -0.15) is 5.10 Å². The second kappa shape index (κ2) is 9.01. The normalized spacial score (nSPS) is 10.7. The van der Waals surface area contributed by atoms with Gasteiger partial charge in [0.15, 0.2) is 0 Å². The predicted molar refractivity (Wildman–Crippen MR) is 108 cm³/mol. The lowest BCUT2D eigenvalue weighted by Gasteiger charge is -2.09. The molecule has 0 bridgehead atoms. The summed E-state index contributed by atoms with van der Waals surface area (Å²) >= 11 is 6.02. The Balaban J connectivity index is 1.65. The zero-order valence-corrected chi connectivity index (χ0v) is 15.6. The summed E-state index contributed by atoms with van der Waals surface area (Å²) in [6.45, 7) is 2.50. The quantitative estimate of drug-likeness (QED) is 0.485. The minimum absolute atomic E-state index is 0.366. The minimum Gasteiger partial charge on any atom is -0.488 e. The lowest BCUT2D eigenvalue weighted by Crippen LogP contribution is -2.18. The van der Waals surface area contributed by atoms with Crippen LogP contribution in [0.4, 0.5) is 0 Å². The van der Waals surface area contributed by atoms with E-state index in [1.165, 1.54) is 5.56 Å². The van der Waals surface area contributed by atoms with Crippen LogP contribution in [0.5, 0.6) is 5.75 Å². The van der Waals surface area contributed by atoms with Gasteiger partial charge in [0.25, 0.3) is 5.91 Å². The van der Waals surface area contributed by atoms with Crippen molar-refractivity contribution in [2.75, 3.05) is 0 Å². The maximum atomic E-state index is 12.1. The van der Waals surface area contributed by atoms with Gasteiger partial charge in [-0.3, -0.25) is 4.79 Å². The third kappa shape index (κ3) is 5.19. The van der Waals surface area contributed by atoms with Crippen LogP contribution in [0.3, 0.4) is 0 Å². The molecule has 0 radical (unpaired) electrons. The number of hydrazone groups is 1. The first-order valence-electron chi connectivity index (χ1n) is 8.49. The van der Waals surface area contributed by atoms with E-state index in [-0.39, 0.29) is 5.91 Å². The van der Waals surface area contributed by atoms with Crippen LogP contribution >= 0.6 is 11.6 Å². The Labute approximate surface area is 163 Å². The van der Waals surface area contributed by atoms with Crippen molar-refractivity contribution in [3.05, 3.63) is 100 Å². The number of aryl methyl sites for hydroxylation is 1.